The predicted octanol–water partition coefficient (Wildman–Crippen LogP) is 1.92. The second-order valence-corrected chi connectivity index (χ2v) is 5.42. The zero-order valence-corrected chi connectivity index (χ0v) is 10.5. The molecule has 2 N–H and O–H groups in total. The smallest absolute Gasteiger partial charge is 0.237 e. The molecule has 1 fully saturated rings. The number of carbonyl (C=O) groups is 1. The summed E-state index contributed by atoms with van der Waals surface area (Å²) in [5.41, 5.74) is 0. The molecule has 3 nitrogen and oxygen atoms in total. The lowest BCUT2D eigenvalue weighted by molar-refractivity contribution is -0.124. The fourth-order valence-corrected chi connectivity index (χ4v) is 2.83. The Morgan fingerprint density at radius 1 is 1.69 bits per heavy atom. The highest BCUT2D eigenvalue weighted by Crippen LogP contribution is 2.20. The molecule has 0 aromatic carbocycles. The van der Waals surface area contributed by atoms with Crippen molar-refractivity contribution >= 4 is 17.2 Å². The normalized spacial score (nSPS) is 26.6. The summed E-state index contributed by atoms with van der Waals surface area (Å²) in [6.45, 7) is 5.11. The van der Waals surface area contributed by atoms with E-state index in [-0.39, 0.29) is 18.0 Å². The maximum Gasteiger partial charge on any atom is 0.237 e. The van der Waals surface area contributed by atoms with E-state index in [0.717, 1.165) is 13.0 Å². The molecular formula is C12H18N2OS. The molecule has 2 unspecified atom stereocenters. The van der Waals surface area contributed by atoms with Gasteiger partial charge in [-0.25, -0.2) is 0 Å². The van der Waals surface area contributed by atoms with Gasteiger partial charge in [-0.2, -0.15) is 0 Å². The van der Waals surface area contributed by atoms with Crippen LogP contribution in [0, 0.1) is 5.92 Å². The number of thiophene rings is 1. The molecule has 88 valence electrons. The second kappa shape index (κ2) is 4.97. The van der Waals surface area contributed by atoms with Crippen LogP contribution in [0.1, 0.15) is 31.2 Å². The molecule has 0 saturated carbocycles. The van der Waals surface area contributed by atoms with E-state index >= 15 is 0 Å². The molecule has 1 saturated heterocycles. The molecule has 0 bridgehead atoms. The standard InChI is InChI=1S/C12H18N2OS/c1-8-5-6-13-11(8)12(15)14-9(2)10-4-3-7-16-10/h3-4,7-9,11,13H,5-6H2,1-2H3,(H,14,15)/t8?,9-,11?/m0/s1. The second-order valence-electron chi connectivity index (χ2n) is 4.44. The molecule has 3 atom stereocenters. The quantitative estimate of drug-likeness (QED) is 0.844. The average Bonchev–Trinajstić information content (AvgIpc) is 2.86. The van der Waals surface area contributed by atoms with Crippen molar-refractivity contribution in [3.8, 4) is 0 Å². The van der Waals surface area contributed by atoms with Gasteiger partial charge < -0.3 is 10.6 Å². The lowest BCUT2D eigenvalue weighted by atomic mass is 10.0. The van der Waals surface area contributed by atoms with E-state index in [1.807, 2.05) is 18.4 Å². The van der Waals surface area contributed by atoms with Crippen LogP contribution in [0.15, 0.2) is 17.5 Å². The maximum absolute atomic E-state index is 12.0. The number of nitrogens with one attached hydrogen (secondary N) is 2. The van der Waals surface area contributed by atoms with Gasteiger partial charge in [0.05, 0.1) is 12.1 Å². The summed E-state index contributed by atoms with van der Waals surface area (Å²) in [6, 6.07) is 4.17. The Bertz CT molecular complexity index is 350. The first-order valence-corrected chi connectivity index (χ1v) is 6.63. The van der Waals surface area contributed by atoms with Crippen molar-refractivity contribution in [1.82, 2.24) is 10.6 Å². The van der Waals surface area contributed by atoms with Crippen LogP contribution in [0.2, 0.25) is 0 Å². The van der Waals surface area contributed by atoms with E-state index in [4.69, 9.17) is 0 Å². The SMILES string of the molecule is CC1CCNC1C(=O)N[C@@H](C)c1cccs1. The van der Waals surface area contributed by atoms with E-state index < -0.39 is 0 Å². The Morgan fingerprint density at radius 2 is 2.50 bits per heavy atom. The largest absolute Gasteiger partial charge is 0.347 e. The van der Waals surface area contributed by atoms with Crippen molar-refractivity contribution in [3.63, 3.8) is 0 Å². The van der Waals surface area contributed by atoms with Crippen molar-refractivity contribution in [2.45, 2.75) is 32.4 Å². The zero-order valence-electron chi connectivity index (χ0n) is 9.69. The summed E-state index contributed by atoms with van der Waals surface area (Å²) in [6.07, 6.45) is 1.09. The van der Waals surface area contributed by atoms with Crippen molar-refractivity contribution in [1.29, 1.82) is 0 Å². The lowest BCUT2D eigenvalue weighted by Gasteiger charge is -2.19. The van der Waals surface area contributed by atoms with Gasteiger partial charge in [0, 0.05) is 4.88 Å². The van der Waals surface area contributed by atoms with Gasteiger partial charge in [0.1, 0.15) is 0 Å². The summed E-state index contributed by atoms with van der Waals surface area (Å²) in [5.74, 6) is 0.571. The topological polar surface area (TPSA) is 41.1 Å². The predicted molar refractivity (Wildman–Crippen MR) is 66.4 cm³/mol. The third kappa shape index (κ3) is 2.44. The molecule has 1 aromatic heterocycles. The third-order valence-corrected chi connectivity index (χ3v) is 4.20. The zero-order chi connectivity index (χ0) is 11.5. The Balaban J connectivity index is 1.92. The summed E-state index contributed by atoms with van der Waals surface area (Å²) >= 11 is 1.68. The minimum Gasteiger partial charge on any atom is -0.347 e. The van der Waals surface area contributed by atoms with Crippen molar-refractivity contribution < 1.29 is 4.79 Å². The van der Waals surface area contributed by atoms with Crippen molar-refractivity contribution in [2.24, 2.45) is 5.92 Å². The highest BCUT2D eigenvalue weighted by Gasteiger charge is 2.29. The van der Waals surface area contributed by atoms with Crippen LogP contribution >= 0.6 is 11.3 Å². The first-order chi connectivity index (χ1) is 7.68. The highest BCUT2D eigenvalue weighted by molar-refractivity contribution is 7.10. The van der Waals surface area contributed by atoms with Gasteiger partial charge in [-0.15, -0.1) is 11.3 Å². The molecule has 16 heavy (non-hydrogen) atoms. The van der Waals surface area contributed by atoms with Gasteiger partial charge >= 0.3 is 0 Å². The first kappa shape index (κ1) is 11.6. The van der Waals surface area contributed by atoms with Crippen LogP contribution in [0.25, 0.3) is 0 Å². The maximum atomic E-state index is 12.0. The lowest BCUT2D eigenvalue weighted by Crippen LogP contribution is -2.43. The van der Waals surface area contributed by atoms with Crippen LogP contribution in [-0.2, 0) is 4.79 Å². The fourth-order valence-electron chi connectivity index (χ4n) is 2.10. The molecule has 0 aliphatic carbocycles. The Hall–Kier alpha value is -0.870. The van der Waals surface area contributed by atoms with Gasteiger partial charge in [0.25, 0.3) is 0 Å². The van der Waals surface area contributed by atoms with Crippen molar-refractivity contribution in [3.05, 3.63) is 22.4 Å². The fraction of sp³-hybridized carbons (Fsp3) is 0.583. The van der Waals surface area contributed by atoms with Crippen LogP contribution in [0.3, 0.4) is 0 Å². The summed E-state index contributed by atoms with van der Waals surface area (Å²) in [7, 11) is 0. The molecule has 2 rings (SSSR count). The third-order valence-electron chi connectivity index (χ3n) is 3.14. The van der Waals surface area contributed by atoms with E-state index in [1.54, 1.807) is 11.3 Å². The molecular weight excluding hydrogens is 220 g/mol. The number of amides is 1. The number of hydrogen-bond acceptors (Lipinski definition) is 3. The van der Waals surface area contributed by atoms with Crippen LogP contribution < -0.4 is 10.6 Å². The Morgan fingerprint density at radius 3 is 3.06 bits per heavy atom. The van der Waals surface area contributed by atoms with Crippen molar-refractivity contribution in [2.75, 3.05) is 6.54 Å². The van der Waals surface area contributed by atoms with E-state index in [1.165, 1.54) is 4.88 Å². The number of hydrogen-bond donors (Lipinski definition) is 2. The van der Waals surface area contributed by atoms with Crippen LogP contribution in [0.4, 0.5) is 0 Å². The van der Waals surface area contributed by atoms with Crippen LogP contribution in [-0.4, -0.2) is 18.5 Å². The van der Waals surface area contributed by atoms with Crippen LogP contribution in [0.5, 0.6) is 0 Å². The summed E-state index contributed by atoms with van der Waals surface area (Å²) < 4.78 is 0. The molecule has 0 spiro atoms. The molecule has 1 aliphatic rings. The first-order valence-electron chi connectivity index (χ1n) is 5.75. The van der Waals surface area contributed by atoms with E-state index in [0.29, 0.717) is 5.92 Å². The minimum atomic E-state index is -0.0117. The molecule has 0 radical (unpaired) electrons. The van der Waals surface area contributed by atoms with Gasteiger partial charge in [-0.05, 0) is 37.3 Å². The monoisotopic (exact) mass is 238 g/mol. The molecule has 1 aliphatic heterocycles. The van der Waals surface area contributed by atoms with E-state index in [9.17, 15) is 4.79 Å². The molecule has 1 amide bonds. The average molecular weight is 238 g/mol. The summed E-state index contributed by atoms with van der Waals surface area (Å²) in [4.78, 5) is 13.2. The number of carbonyl (C=O) groups excluding carboxylic acids is 1. The highest BCUT2D eigenvalue weighted by atomic mass is 32.1. The minimum absolute atomic E-state index is 0.0117. The number of rotatable bonds is 3. The summed E-state index contributed by atoms with van der Waals surface area (Å²) in [5, 5.41) is 8.35. The molecule has 1 aromatic rings. The van der Waals surface area contributed by atoms with Gasteiger partial charge in [-0.3, -0.25) is 4.79 Å². The van der Waals surface area contributed by atoms with Gasteiger partial charge in [0.15, 0.2) is 0 Å². The molecule has 4 heteroatoms. The van der Waals surface area contributed by atoms with Gasteiger partial charge in [-0.1, -0.05) is 13.0 Å². The molecule has 2 heterocycles. The Kier molecular flexibility index (Phi) is 3.61. The van der Waals surface area contributed by atoms with E-state index in [2.05, 4.69) is 23.6 Å². The Labute approximate surface area is 100 Å². The van der Waals surface area contributed by atoms with Gasteiger partial charge in [0.2, 0.25) is 5.91 Å².